The van der Waals surface area contributed by atoms with Crippen molar-refractivity contribution >= 4 is 15.9 Å². The predicted molar refractivity (Wildman–Crippen MR) is 76.6 cm³/mol. The molecule has 96 valence electrons. The third-order valence-corrected chi connectivity index (χ3v) is 3.00. The van der Waals surface area contributed by atoms with Gasteiger partial charge < -0.3 is 10.1 Å². The third-order valence-electron chi connectivity index (χ3n) is 2.51. The second-order valence-corrected chi connectivity index (χ2v) is 5.11. The van der Waals surface area contributed by atoms with Crippen molar-refractivity contribution in [3.8, 4) is 5.75 Å². The van der Waals surface area contributed by atoms with Crippen LogP contribution in [0.15, 0.2) is 28.7 Å². The molecule has 0 radical (unpaired) electrons. The molecule has 3 heteroatoms. The molecule has 1 N–H and O–H groups in total. The van der Waals surface area contributed by atoms with E-state index < -0.39 is 0 Å². The van der Waals surface area contributed by atoms with Crippen LogP contribution in [-0.4, -0.2) is 19.2 Å². The van der Waals surface area contributed by atoms with E-state index in [4.69, 9.17) is 4.74 Å². The van der Waals surface area contributed by atoms with Crippen LogP contribution in [-0.2, 0) is 0 Å². The second-order valence-electron chi connectivity index (χ2n) is 4.19. The summed E-state index contributed by atoms with van der Waals surface area (Å²) in [6.45, 7) is 6.35. The lowest BCUT2D eigenvalue weighted by atomic mass is 10.2. The summed E-state index contributed by atoms with van der Waals surface area (Å²) in [6.07, 6.45) is 3.66. The first kappa shape index (κ1) is 14.5. The van der Waals surface area contributed by atoms with Crippen LogP contribution in [0.25, 0.3) is 0 Å². The molecule has 1 aromatic rings. The monoisotopic (exact) mass is 299 g/mol. The van der Waals surface area contributed by atoms with Gasteiger partial charge in [-0.25, -0.2) is 0 Å². The van der Waals surface area contributed by atoms with Gasteiger partial charge in [0.1, 0.15) is 11.9 Å². The molecule has 0 spiro atoms. The highest BCUT2D eigenvalue weighted by Crippen LogP contribution is 2.19. The number of nitrogens with one attached hydrogen (secondary N) is 1. The summed E-state index contributed by atoms with van der Waals surface area (Å²) in [7, 11) is 0. The molecule has 17 heavy (non-hydrogen) atoms. The second kappa shape index (κ2) is 8.54. The van der Waals surface area contributed by atoms with Crippen LogP contribution in [0, 0.1) is 0 Å². The molecule has 0 amide bonds. The van der Waals surface area contributed by atoms with Gasteiger partial charge >= 0.3 is 0 Å². The summed E-state index contributed by atoms with van der Waals surface area (Å²) in [5, 5.41) is 3.42. The van der Waals surface area contributed by atoms with E-state index in [0.717, 1.165) is 42.6 Å². The van der Waals surface area contributed by atoms with Crippen LogP contribution in [0.2, 0.25) is 0 Å². The predicted octanol–water partition coefficient (Wildman–Crippen LogP) is 4.00. The molecule has 0 bridgehead atoms. The van der Waals surface area contributed by atoms with Gasteiger partial charge in [0.2, 0.25) is 0 Å². The molecule has 1 rings (SSSR count). The fraction of sp³-hybridized carbons (Fsp3) is 0.571. The summed E-state index contributed by atoms with van der Waals surface area (Å²) < 4.78 is 7.05. The van der Waals surface area contributed by atoms with E-state index in [-0.39, 0.29) is 6.10 Å². The average molecular weight is 300 g/mol. The Bertz CT molecular complexity index is 317. The minimum atomic E-state index is 0.265. The Morgan fingerprint density at radius 1 is 1.29 bits per heavy atom. The lowest BCUT2D eigenvalue weighted by Crippen LogP contribution is -2.31. The first-order valence-electron chi connectivity index (χ1n) is 6.39. The Morgan fingerprint density at radius 3 is 2.76 bits per heavy atom. The first-order chi connectivity index (χ1) is 8.26. The molecule has 0 aliphatic heterocycles. The normalized spacial score (nSPS) is 12.4. The number of hydrogen-bond acceptors (Lipinski definition) is 2. The molecule has 0 heterocycles. The zero-order chi connectivity index (χ0) is 12.5. The molecule has 1 atom stereocenters. The van der Waals surface area contributed by atoms with Crippen molar-refractivity contribution in [3.63, 3.8) is 0 Å². The topological polar surface area (TPSA) is 21.3 Å². The van der Waals surface area contributed by atoms with Crippen LogP contribution in [0.4, 0.5) is 0 Å². The maximum Gasteiger partial charge on any atom is 0.120 e. The Labute approximate surface area is 113 Å². The highest BCUT2D eigenvalue weighted by Gasteiger charge is 2.09. The fourth-order valence-electron chi connectivity index (χ4n) is 1.70. The lowest BCUT2D eigenvalue weighted by molar-refractivity contribution is 0.186. The van der Waals surface area contributed by atoms with E-state index in [1.54, 1.807) is 0 Å². The Morgan fingerprint density at radius 2 is 2.12 bits per heavy atom. The Kier molecular flexibility index (Phi) is 7.29. The van der Waals surface area contributed by atoms with Gasteiger partial charge in [-0.1, -0.05) is 42.3 Å². The van der Waals surface area contributed by atoms with Crippen LogP contribution in [0.5, 0.6) is 5.75 Å². The summed E-state index contributed by atoms with van der Waals surface area (Å²) in [5.41, 5.74) is 0. The molecule has 2 nitrogen and oxygen atoms in total. The molecule has 0 saturated carbocycles. The van der Waals surface area contributed by atoms with E-state index in [2.05, 4.69) is 35.1 Å². The minimum absolute atomic E-state index is 0.265. The summed E-state index contributed by atoms with van der Waals surface area (Å²) >= 11 is 3.46. The van der Waals surface area contributed by atoms with Crippen molar-refractivity contribution in [2.45, 2.75) is 39.2 Å². The quantitative estimate of drug-likeness (QED) is 0.733. The van der Waals surface area contributed by atoms with Gasteiger partial charge in [-0.05, 0) is 37.6 Å². The van der Waals surface area contributed by atoms with Gasteiger partial charge in [0.15, 0.2) is 0 Å². The van der Waals surface area contributed by atoms with Crippen LogP contribution in [0.3, 0.4) is 0 Å². The Hall–Kier alpha value is -0.540. The first-order valence-corrected chi connectivity index (χ1v) is 7.18. The zero-order valence-corrected chi connectivity index (χ0v) is 12.3. The molecule has 1 aromatic carbocycles. The molecule has 0 aromatic heterocycles. The molecule has 0 saturated heterocycles. The summed E-state index contributed by atoms with van der Waals surface area (Å²) in [5.74, 6) is 0.941. The van der Waals surface area contributed by atoms with Gasteiger partial charge in [0.25, 0.3) is 0 Å². The number of halogens is 1. The number of benzene rings is 1. The van der Waals surface area contributed by atoms with Gasteiger partial charge in [0.05, 0.1) is 0 Å². The minimum Gasteiger partial charge on any atom is -0.489 e. The van der Waals surface area contributed by atoms with Crippen molar-refractivity contribution in [2.24, 2.45) is 0 Å². The summed E-state index contributed by atoms with van der Waals surface area (Å²) in [6, 6.07) is 8.04. The van der Waals surface area contributed by atoms with E-state index in [1.165, 1.54) is 0 Å². The van der Waals surface area contributed by atoms with Crippen molar-refractivity contribution in [3.05, 3.63) is 28.7 Å². The van der Waals surface area contributed by atoms with Crippen molar-refractivity contribution in [1.82, 2.24) is 5.32 Å². The van der Waals surface area contributed by atoms with Crippen LogP contribution >= 0.6 is 15.9 Å². The summed E-state index contributed by atoms with van der Waals surface area (Å²) in [4.78, 5) is 0. The average Bonchev–Trinajstić information content (AvgIpc) is 2.29. The Balaban J connectivity index is 2.47. The van der Waals surface area contributed by atoms with E-state index >= 15 is 0 Å². The van der Waals surface area contributed by atoms with Gasteiger partial charge in [-0.2, -0.15) is 0 Å². The molecular weight excluding hydrogens is 278 g/mol. The fourth-order valence-corrected chi connectivity index (χ4v) is 2.08. The molecular formula is C14H22BrNO. The molecule has 1 unspecified atom stereocenters. The van der Waals surface area contributed by atoms with Crippen molar-refractivity contribution < 1.29 is 4.74 Å². The number of hydrogen-bond donors (Lipinski definition) is 1. The SMILES string of the molecule is CCCNCC(CCC)Oc1cccc(Br)c1. The van der Waals surface area contributed by atoms with E-state index in [9.17, 15) is 0 Å². The lowest BCUT2D eigenvalue weighted by Gasteiger charge is -2.19. The maximum atomic E-state index is 5.99. The van der Waals surface area contributed by atoms with Crippen molar-refractivity contribution in [2.75, 3.05) is 13.1 Å². The molecule has 0 fully saturated rings. The standard InChI is InChI=1S/C14H22BrNO/c1-3-6-14(11-16-9-4-2)17-13-8-5-7-12(15)10-13/h5,7-8,10,14,16H,3-4,6,9,11H2,1-2H3. The smallest absolute Gasteiger partial charge is 0.120 e. The van der Waals surface area contributed by atoms with Gasteiger partial charge in [-0.15, -0.1) is 0 Å². The maximum absolute atomic E-state index is 5.99. The van der Waals surface area contributed by atoms with Crippen LogP contribution < -0.4 is 10.1 Å². The molecule has 0 aliphatic carbocycles. The van der Waals surface area contributed by atoms with E-state index in [0.29, 0.717) is 0 Å². The third kappa shape index (κ3) is 6.08. The zero-order valence-electron chi connectivity index (χ0n) is 10.7. The molecule has 0 aliphatic rings. The number of rotatable bonds is 8. The van der Waals surface area contributed by atoms with Crippen molar-refractivity contribution in [1.29, 1.82) is 0 Å². The largest absolute Gasteiger partial charge is 0.489 e. The highest BCUT2D eigenvalue weighted by molar-refractivity contribution is 9.10. The van der Waals surface area contributed by atoms with Gasteiger partial charge in [0, 0.05) is 11.0 Å². The number of ether oxygens (including phenoxy) is 1. The highest BCUT2D eigenvalue weighted by atomic mass is 79.9. The van der Waals surface area contributed by atoms with E-state index in [1.807, 2.05) is 24.3 Å². The van der Waals surface area contributed by atoms with Gasteiger partial charge in [-0.3, -0.25) is 0 Å². The van der Waals surface area contributed by atoms with Crippen LogP contribution in [0.1, 0.15) is 33.1 Å².